The average Bonchev–Trinajstić information content (AvgIpc) is 3.05. The monoisotopic (exact) mass is 306 g/mol. The lowest BCUT2D eigenvalue weighted by molar-refractivity contribution is -0.121. The van der Waals surface area contributed by atoms with E-state index in [0.717, 1.165) is 31.4 Å². The molecule has 1 saturated heterocycles. The summed E-state index contributed by atoms with van der Waals surface area (Å²) in [7, 11) is 0. The van der Waals surface area contributed by atoms with Gasteiger partial charge in [0.05, 0.1) is 12.7 Å². The van der Waals surface area contributed by atoms with Crippen molar-refractivity contribution in [2.45, 2.75) is 37.8 Å². The molecule has 0 spiro atoms. The van der Waals surface area contributed by atoms with Crippen LogP contribution >= 0.6 is 0 Å². The number of nitrogens with one attached hydrogen (secondary N) is 1. The number of benzene rings is 1. The molecule has 2 unspecified atom stereocenters. The second-order valence-corrected chi connectivity index (χ2v) is 5.63. The number of ether oxygens (including phenoxy) is 2. The van der Waals surface area contributed by atoms with Crippen LogP contribution in [0.15, 0.2) is 30.3 Å². The Bertz CT molecular complexity index is 433. The highest BCUT2D eigenvalue weighted by Gasteiger charge is 2.15. The lowest BCUT2D eigenvalue weighted by atomic mass is 10.0. The van der Waals surface area contributed by atoms with Gasteiger partial charge < -0.3 is 20.5 Å². The Morgan fingerprint density at radius 1 is 1.41 bits per heavy atom. The van der Waals surface area contributed by atoms with Crippen LogP contribution in [0.3, 0.4) is 0 Å². The Labute approximate surface area is 132 Å². The Kier molecular flexibility index (Phi) is 7.36. The third-order valence-electron chi connectivity index (χ3n) is 3.75. The van der Waals surface area contributed by atoms with Crippen LogP contribution in [-0.2, 0) is 14.3 Å². The Morgan fingerprint density at radius 2 is 2.23 bits per heavy atom. The van der Waals surface area contributed by atoms with Crippen molar-refractivity contribution in [3.63, 3.8) is 0 Å². The molecule has 0 saturated carbocycles. The minimum absolute atomic E-state index is 0.0181. The van der Waals surface area contributed by atoms with Gasteiger partial charge in [0, 0.05) is 32.2 Å². The molecular formula is C17H26N2O3. The number of hydrogen-bond donors (Lipinski definition) is 2. The first-order chi connectivity index (χ1) is 10.8. The van der Waals surface area contributed by atoms with Crippen molar-refractivity contribution in [2.75, 3.05) is 26.4 Å². The molecule has 1 heterocycles. The highest BCUT2D eigenvalue weighted by atomic mass is 16.5. The van der Waals surface area contributed by atoms with Crippen molar-refractivity contribution in [1.29, 1.82) is 0 Å². The summed E-state index contributed by atoms with van der Waals surface area (Å²) in [5.74, 6) is -0.0181. The van der Waals surface area contributed by atoms with E-state index in [1.54, 1.807) is 0 Å². The summed E-state index contributed by atoms with van der Waals surface area (Å²) in [6.45, 7) is 2.77. The Morgan fingerprint density at radius 3 is 2.95 bits per heavy atom. The molecule has 5 heteroatoms. The van der Waals surface area contributed by atoms with Gasteiger partial charge in [-0.15, -0.1) is 0 Å². The van der Waals surface area contributed by atoms with E-state index in [-0.39, 0.29) is 18.1 Å². The molecule has 3 N–H and O–H groups in total. The molecule has 1 amide bonds. The van der Waals surface area contributed by atoms with E-state index in [2.05, 4.69) is 5.32 Å². The Hall–Kier alpha value is -1.43. The Balaban J connectivity index is 1.50. The summed E-state index contributed by atoms with van der Waals surface area (Å²) in [5.41, 5.74) is 7.00. The molecule has 1 fully saturated rings. The standard InChI is InChI=1S/C17H26N2O3/c18-16(14-6-2-1-3-7-14)12-17(20)19-9-5-10-21-13-15-8-4-11-22-15/h1-3,6-7,15-16H,4-5,8-13,18H2,(H,19,20). The van der Waals surface area contributed by atoms with Gasteiger partial charge >= 0.3 is 0 Å². The van der Waals surface area contributed by atoms with Crippen molar-refractivity contribution >= 4 is 5.91 Å². The van der Waals surface area contributed by atoms with Crippen molar-refractivity contribution in [2.24, 2.45) is 5.73 Å². The van der Waals surface area contributed by atoms with Crippen LogP contribution < -0.4 is 11.1 Å². The largest absolute Gasteiger partial charge is 0.379 e. The highest BCUT2D eigenvalue weighted by Crippen LogP contribution is 2.13. The van der Waals surface area contributed by atoms with E-state index < -0.39 is 0 Å². The normalized spacial score (nSPS) is 19.0. The molecule has 22 heavy (non-hydrogen) atoms. The summed E-state index contributed by atoms with van der Waals surface area (Å²) < 4.78 is 11.0. The number of carbonyl (C=O) groups excluding carboxylic acids is 1. The van der Waals surface area contributed by atoms with Gasteiger partial charge in [-0.25, -0.2) is 0 Å². The predicted molar refractivity (Wildman–Crippen MR) is 85.4 cm³/mol. The van der Waals surface area contributed by atoms with Gasteiger partial charge in [-0.3, -0.25) is 4.79 Å². The van der Waals surface area contributed by atoms with Crippen LogP contribution in [0.1, 0.15) is 37.3 Å². The van der Waals surface area contributed by atoms with Crippen LogP contribution in [0.5, 0.6) is 0 Å². The number of amides is 1. The van der Waals surface area contributed by atoms with Gasteiger partial charge in [0.2, 0.25) is 5.91 Å². The second kappa shape index (κ2) is 9.56. The second-order valence-electron chi connectivity index (χ2n) is 5.63. The topological polar surface area (TPSA) is 73.6 Å². The van der Waals surface area contributed by atoms with E-state index in [1.165, 1.54) is 0 Å². The minimum atomic E-state index is -0.253. The molecule has 1 aliphatic heterocycles. The molecule has 5 nitrogen and oxygen atoms in total. The maximum absolute atomic E-state index is 11.8. The molecule has 2 atom stereocenters. The molecule has 122 valence electrons. The van der Waals surface area contributed by atoms with Gasteiger partial charge in [-0.1, -0.05) is 30.3 Å². The lowest BCUT2D eigenvalue weighted by Crippen LogP contribution is -2.29. The van der Waals surface area contributed by atoms with Crippen LogP contribution in [-0.4, -0.2) is 38.4 Å². The highest BCUT2D eigenvalue weighted by molar-refractivity contribution is 5.76. The molecule has 1 aliphatic rings. The van der Waals surface area contributed by atoms with Gasteiger partial charge in [0.25, 0.3) is 0 Å². The third kappa shape index (κ3) is 6.13. The molecule has 0 aromatic heterocycles. The summed E-state index contributed by atoms with van der Waals surface area (Å²) in [6.07, 6.45) is 3.60. The first kappa shape index (κ1) is 16.9. The summed E-state index contributed by atoms with van der Waals surface area (Å²) in [6, 6.07) is 9.43. The van der Waals surface area contributed by atoms with Crippen molar-refractivity contribution in [3.05, 3.63) is 35.9 Å². The van der Waals surface area contributed by atoms with Crippen molar-refractivity contribution in [1.82, 2.24) is 5.32 Å². The average molecular weight is 306 g/mol. The van der Waals surface area contributed by atoms with Gasteiger partial charge in [0.15, 0.2) is 0 Å². The smallest absolute Gasteiger partial charge is 0.221 e. The van der Waals surface area contributed by atoms with Crippen LogP contribution in [0, 0.1) is 0 Å². The SMILES string of the molecule is NC(CC(=O)NCCCOCC1CCCO1)c1ccccc1. The van der Waals surface area contributed by atoms with Crippen molar-refractivity contribution in [3.8, 4) is 0 Å². The minimum Gasteiger partial charge on any atom is -0.379 e. The molecule has 0 radical (unpaired) electrons. The van der Waals surface area contributed by atoms with Crippen LogP contribution in [0.25, 0.3) is 0 Å². The maximum atomic E-state index is 11.8. The van der Waals surface area contributed by atoms with Gasteiger partial charge in [0.1, 0.15) is 0 Å². The summed E-state index contributed by atoms with van der Waals surface area (Å²) in [4.78, 5) is 11.8. The first-order valence-electron chi connectivity index (χ1n) is 8.02. The fourth-order valence-electron chi connectivity index (χ4n) is 2.48. The van der Waals surface area contributed by atoms with E-state index in [4.69, 9.17) is 15.2 Å². The van der Waals surface area contributed by atoms with Gasteiger partial charge in [-0.2, -0.15) is 0 Å². The fraction of sp³-hybridized carbons (Fsp3) is 0.588. The van der Waals surface area contributed by atoms with Crippen LogP contribution in [0.4, 0.5) is 0 Å². The summed E-state index contributed by atoms with van der Waals surface area (Å²) in [5, 5.41) is 2.88. The maximum Gasteiger partial charge on any atom is 0.221 e. The van der Waals surface area contributed by atoms with E-state index >= 15 is 0 Å². The zero-order valence-electron chi connectivity index (χ0n) is 13.0. The van der Waals surface area contributed by atoms with Gasteiger partial charge in [-0.05, 0) is 24.8 Å². The molecule has 2 rings (SSSR count). The van der Waals surface area contributed by atoms with Crippen LogP contribution in [0.2, 0.25) is 0 Å². The quantitative estimate of drug-likeness (QED) is 0.682. The number of carbonyl (C=O) groups is 1. The zero-order valence-corrected chi connectivity index (χ0v) is 13.0. The zero-order chi connectivity index (χ0) is 15.6. The number of hydrogen-bond acceptors (Lipinski definition) is 4. The van der Waals surface area contributed by atoms with Crippen molar-refractivity contribution < 1.29 is 14.3 Å². The third-order valence-corrected chi connectivity index (χ3v) is 3.75. The van der Waals surface area contributed by atoms with E-state index in [1.807, 2.05) is 30.3 Å². The predicted octanol–water partition coefficient (Wildman–Crippen LogP) is 1.78. The molecule has 0 bridgehead atoms. The molecule has 0 aliphatic carbocycles. The lowest BCUT2D eigenvalue weighted by Gasteiger charge is -2.12. The fourth-order valence-corrected chi connectivity index (χ4v) is 2.48. The first-order valence-corrected chi connectivity index (χ1v) is 8.02. The molecule has 1 aromatic rings. The number of nitrogens with two attached hydrogens (primary N) is 1. The number of rotatable bonds is 9. The molecule has 1 aromatic carbocycles. The van der Waals surface area contributed by atoms with E-state index in [9.17, 15) is 4.79 Å². The summed E-state index contributed by atoms with van der Waals surface area (Å²) >= 11 is 0. The van der Waals surface area contributed by atoms with E-state index in [0.29, 0.717) is 26.2 Å². The molecular weight excluding hydrogens is 280 g/mol.